The summed E-state index contributed by atoms with van der Waals surface area (Å²) in [4.78, 5) is 0. The number of phenols is 1. The summed E-state index contributed by atoms with van der Waals surface area (Å²) in [6.45, 7) is 1.37. The van der Waals surface area contributed by atoms with Gasteiger partial charge in [0.05, 0.1) is 17.2 Å². The van der Waals surface area contributed by atoms with Crippen LogP contribution in [0.25, 0.3) is 0 Å². The summed E-state index contributed by atoms with van der Waals surface area (Å²) < 4.78 is 0. The molecule has 1 atom stereocenters. The number of aromatic hydroxyl groups is 1. The van der Waals surface area contributed by atoms with E-state index in [9.17, 15) is 5.11 Å². The van der Waals surface area contributed by atoms with Crippen molar-refractivity contribution in [2.45, 2.75) is 12.5 Å². The van der Waals surface area contributed by atoms with Crippen molar-refractivity contribution in [3.63, 3.8) is 0 Å². The molecular formula is C9H12ClNO2. The topological polar surface area (TPSA) is 66.5 Å². The highest BCUT2D eigenvalue weighted by molar-refractivity contribution is 6.32. The number of hydrogen-bond donors (Lipinski definition) is 3. The van der Waals surface area contributed by atoms with Gasteiger partial charge in [-0.1, -0.05) is 23.7 Å². The lowest BCUT2D eigenvalue weighted by Crippen LogP contribution is -2.36. The Morgan fingerprint density at radius 1 is 1.54 bits per heavy atom. The molecular weight excluding hydrogens is 190 g/mol. The lowest BCUT2D eigenvalue weighted by Gasteiger charge is -2.23. The van der Waals surface area contributed by atoms with E-state index in [1.165, 1.54) is 0 Å². The van der Waals surface area contributed by atoms with Gasteiger partial charge in [-0.05, 0) is 13.0 Å². The van der Waals surface area contributed by atoms with Crippen molar-refractivity contribution in [1.82, 2.24) is 0 Å². The molecule has 0 bridgehead atoms. The standard InChI is InChI=1S/C9H12ClNO2/c1-9(11,5-12)6-3-2-4-7(10)8(6)13/h2-4,12-13H,5,11H2,1H3. The molecule has 0 saturated heterocycles. The van der Waals surface area contributed by atoms with Gasteiger partial charge in [0, 0.05) is 5.56 Å². The third kappa shape index (κ3) is 1.94. The summed E-state index contributed by atoms with van der Waals surface area (Å²) in [5, 5.41) is 18.8. The fourth-order valence-corrected chi connectivity index (χ4v) is 1.24. The van der Waals surface area contributed by atoms with Gasteiger partial charge in [-0.2, -0.15) is 0 Å². The van der Waals surface area contributed by atoms with Crippen molar-refractivity contribution in [2.24, 2.45) is 5.73 Å². The Morgan fingerprint density at radius 3 is 2.69 bits per heavy atom. The van der Waals surface area contributed by atoms with Crippen LogP contribution < -0.4 is 5.73 Å². The SMILES string of the molecule is CC(N)(CO)c1cccc(Cl)c1O. The van der Waals surface area contributed by atoms with Gasteiger partial charge in [0.25, 0.3) is 0 Å². The molecule has 0 aliphatic rings. The number of aliphatic hydroxyl groups excluding tert-OH is 1. The molecule has 13 heavy (non-hydrogen) atoms. The molecule has 0 saturated carbocycles. The molecule has 4 N–H and O–H groups in total. The molecule has 1 aromatic carbocycles. The van der Waals surface area contributed by atoms with Gasteiger partial charge in [-0.3, -0.25) is 0 Å². The zero-order chi connectivity index (χ0) is 10.1. The van der Waals surface area contributed by atoms with Crippen LogP contribution >= 0.6 is 11.6 Å². The predicted octanol–water partition coefficient (Wildman–Crippen LogP) is 1.21. The first kappa shape index (κ1) is 10.3. The average molecular weight is 202 g/mol. The van der Waals surface area contributed by atoms with E-state index in [1.807, 2.05) is 0 Å². The van der Waals surface area contributed by atoms with Crippen molar-refractivity contribution in [3.05, 3.63) is 28.8 Å². The molecule has 0 aliphatic carbocycles. The first-order valence-electron chi connectivity index (χ1n) is 3.87. The van der Waals surface area contributed by atoms with E-state index < -0.39 is 5.54 Å². The van der Waals surface area contributed by atoms with Gasteiger partial charge >= 0.3 is 0 Å². The maximum Gasteiger partial charge on any atom is 0.139 e. The molecule has 1 unspecified atom stereocenters. The molecule has 1 aromatic rings. The first-order chi connectivity index (χ1) is 5.99. The van der Waals surface area contributed by atoms with Crippen molar-refractivity contribution in [2.75, 3.05) is 6.61 Å². The number of para-hydroxylation sites is 1. The van der Waals surface area contributed by atoms with Gasteiger partial charge in [0.15, 0.2) is 0 Å². The summed E-state index contributed by atoms with van der Waals surface area (Å²) in [7, 11) is 0. The molecule has 72 valence electrons. The lowest BCUT2D eigenvalue weighted by atomic mass is 9.93. The smallest absolute Gasteiger partial charge is 0.139 e. The molecule has 0 aromatic heterocycles. The lowest BCUT2D eigenvalue weighted by molar-refractivity contribution is 0.207. The molecule has 0 fully saturated rings. The molecule has 3 nitrogen and oxygen atoms in total. The van der Waals surface area contributed by atoms with E-state index in [-0.39, 0.29) is 17.4 Å². The van der Waals surface area contributed by atoms with Crippen LogP contribution in [0.5, 0.6) is 5.75 Å². The van der Waals surface area contributed by atoms with Crippen LogP contribution in [0.1, 0.15) is 12.5 Å². The highest BCUT2D eigenvalue weighted by Gasteiger charge is 2.24. The average Bonchev–Trinajstić information content (AvgIpc) is 2.09. The zero-order valence-electron chi connectivity index (χ0n) is 7.29. The van der Waals surface area contributed by atoms with E-state index in [0.29, 0.717) is 5.56 Å². The Morgan fingerprint density at radius 2 is 2.15 bits per heavy atom. The number of rotatable bonds is 2. The molecule has 0 amide bonds. The van der Waals surface area contributed by atoms with Crippen molar-refractivity contribution >= 4 is 11.6 Å². The van der Waals surface area contributed by atoms with Gasteiger partial charge < -0.3 is 15.9 Å². The molecule has 1 rings (SSSR count). The minimum Gasteiger partial charge on any atom is -0.506 e. The largest absolute Gasteiger partial charge is 0.506 e. The van der Waals surface area contributed by atoms with Gasteiger partial charge in [0.1, 0.15) is 5.75 Å². The Bertz CT molecular complexity index is 312. The summed E-state index contributed by atoms with van der Waals surface area (Å²) >= 11 is 5.69. The summed E-state index contributed by atoms with van der Waals surface area (Å²) in [5.74, 6) is -0.0665. The quantitative estimate of drug-likeness (QED) is 0.674. The van der Waals surface area contributed by atoms with Crippen LogP contribution in [0.2, 0.25) is 5.02 Å². The van der Waals surface area contributed by atoms with Gasteiger partial charge in [0.2, 0.25) is 0 Å². The first-order valence-corrected chi connectivity index (χ1v) is 4.24. The number of hydrogen-bond acceptors (Lipinski definition) is 3. The zero-order valence-corrected chi connectivity index (χ0v) is 8.04. The van der Waals surface area contributed by atoms with E-state index in [1.54, 1.807) is 25.1 Å². The molecule has 0 radical (unpaired) electrons. The summed E-state index contributed by atoms with van der Waals surface area (Å²) in [5.41, 5.74) is 5.22. The summed E-state index contributed by atoms with van der Waals surface area (Å²) in [6.07, 6.45) is 0. The number of benzene rings is 1. The number of phenolic OH excluding ortho intramolecular Hbond substituents is 1. The van der Waals surface area contributed by atoms with Crippen LogP contribution in [0.4, 0.5) is 0 Å². The third-order valence-corrected chi connectivity index (χ3v) is 2.24. The van der Waals surface area contributed by atoms with E-state index in [4.69, 9.17) is 22.4 Å². The van der Waals surface area contributed by atoms with Gasteiger partial charge in [-0.15, -0.1) is 0 Å². The van der Waals surface area contributed by atoms with E-state index >= 15 is 0 Å². The Hall–Kier alpha value is -0.770. The second-order valence-corrected chi connectivity index (χ2v) is 3.62. The maximum absolute atomic E-state index is 9.54. The van der Waals surface area contributed by atoms with Crippen LogP contribution in [0, 0.1) is 0 Å². The van der Waals surface area contributed by atoms with E-state index in [0.717, 1.165) is 0 Å². The Balaban J connectivity index is 3.22. The Labute approximate surface area is 81.8 Å². The van der Waals surface area contributed by atoms with Crippen molar-refractivity contribution in [3.8, 4) is 5.75 Å². The van der Waals surface area contributed by atoms with Crippen LogP contribution in [-0.2, 0) is 5.54 Å². The summed E-state index contributed by atoms with van der Waals surface area (Å²) in [6, 6.07) is 4.88. The minimum atomic E-state index is -0.963. The predicted molar refractivity (Wildman–Crippen MR) is 51.7 cm³/mol. The van der Waals surface area contributed by atoms with Crippen LogP contribution in [0.3, 0.4) is 0 Å². The molecule has 4 heteroatoms. The number of nitrogens with two attached hydrogens (primary N) is 1. The molecule has 0 heterocycles. The van der Waals surface area contributed by atoms with Crippen molar-refractivity contribution < 1.29 is 10.2 Å². The second kappa shape index (κ2) is 3.54. The fourth-order valence-electron chi connectivity index (χ4n) is 1.06. The number of halogens is 1. The molecule has 0 spiro atoms. The Kier molecular flexibility index (Phi) is 2.81. The monoisotopic (exact) mass is 201 g/mol. The van der Waals surface area contributed by atoms with E-state index in [2.05, 4.69) is 0 Å². The maximum atomic E-state index is 9.54. The minimum absolute atomic E-state index is 0.0665. The molecule has 0 aliphatic heterocycles. The number of aliphatic hydroxyl groups is 1. The highest BCUT2D eigenvalue weighted by atomic mass is 35.5. The fraction of sp³-hybridized carbons (Fsp3) is 0.333. The highest BCUT2D eigenvalue weighted by Crippen LogP contribution is 2.32. The normalized spacial score (nSPS) is 15.4. The second-order valence-electron chi connectivity index (χ2n) is 3.21. The van der Waals surface area contributed by atoms with Gasteiger partial charge in [-0.25, -0.2) is 0 Å². The van der Waals surface area contributed by atoms with Crippen LogP contribution in [-0.4, -0.2) is 16.8 Å². The van der Waals surface area contributed by atoms with Crippen molar-refractivity contribution in [1.29, 1.82) is 0 Å². The third-order valence-electron chi connectivity index (χ3n) is 1.93. The van der Waals surface area contributed by atoms with Crippen LogP contribution in [0.15, 0.2) is 18.2 Å².